The number of aryl methyl sites for hydroxylation is 1. The molecule has 1 aromatic carbocycles. The molecule has 15 heavy (non-hydrogen) atoms. The van der Waals surface area contributed by atoms with Crippen LogP contribution < -0.4 is 5.73 Å². The topological polar surface area (TPSA) is 39.2 Å². The third-order valence-corrected chi connectivity index (χ3v) is 2.69. The first kappa shape index (κ1) is 10.5. The van der Waals surface area contributed by atoms with Crippen LogP contribution in [-0.2, 0) is 0 Å². The molecule has 0 bridgehead atoms. The summed E-state index contributed by atoms with van der Waals surface area (Å²) in [7, 11) is 0. The second kappa shape index (κ2) is 3.51. The third-order valence-electron chi connectivity index (χ3n) is 2.41. The van der Waals surface area contributed by atoms with Gasteiger partial charge >= 0.3 is 0 Å². The van der Waals surface area contributed by atoms with Gasteiger partial charge in [0.2, 0.25) is 0 Å². The second-order valence-electron chi connectivity index (χ2n) is 3.64. The van der Waals surface area contributed by atoms with Crippen LogP contribution >= 0.6 is 11.6 Å². The Morgan fingerprint density at radius 1 is 1.47 bits per heavy atom. The van der Waals surface area contributed by atoms with E-state index in [9.17, 15) is 4.39 Å². The Labute approximate surface area is 91.8 Å². The Kier molecular flexibility index (Phi) is 2.44. The standard InChI is InChI=1S/C11H11ClFNO/c1-5-8-3-7(13)4-9(12)11(8)15-10(5)6(2)14/h3-4,6H,14H2,1-2H3. The molecule has 0 radical (unpaired) electrons. The highest BCUT2D eigenvalue weighted by molar-refractivity contribution is 6.34. The highest BCUT2D eigenvalue weighted by atomic mass is 35.5. The summed E-state index contributed by atoms with van der Waals surface area (Å²) in [6, 6.07) is 2.42. The van der Waals surface area contributed by atoms with Gasteiger partial charge < -0.3 is 10.2 Å². The maximum atomic E-state index is 13.1. The molecule has 1 unspecified atom stereocenters. The Bertz CT molecular complexity index is 519. The first-order valence-corrected chi connectivity index (χ1v) is 5.02. The van der Waals surface area contributed by atoms with Crippen molar-refractivity contribution in [2.24, 2.45) is 5.73 Å². The Morgan fingerprint density at radius 3 is 2.73 bits per heavy atom. The maximum absolute atomic E-state index is 13.1. The highest BCUT2D eigenvalue weighted by Crippen LogP contribution is 2.33. The van der Waals surface area contributed by atoms with Crippen LogP contribution in [-0.4, -0.2) is 0 Å². The van der Waals surface area contributed by atoms with E-state index in [-0.39, 0.29) is 16.9 Å². The largest absolute Gasteiger partial charge is 0.458 e. The molecule has 2 nitrogen and oxygen atoms in total. The number of rotatable bonds is 1. The second-order valence-corrected chi connectivity index (χ2v) is 4.05. The van der Waals surface area contributed by atoms with Gasteiger partial charge in [0.05, 0.1) is 11.1 Å². The van der Waals surface area contributed by atoms with E-state index < -0.39 is 0 Å². The van der Waals surface area contributed by atoms with Crippen LogP contribution in [0.5, 0.6) is 0 Å². The molecule has 0 aliphatic heterocycles. The molecule has 0 spiro atoms. The average Bonchev–Trinajstić information content (AvgIpc) is 2.44. The van der Waals surface area contributed by atoms with Crippen molar-refractivity contribution in [3.8, 4) is 0 Å². The number of furan rings is 1. The molecule has 0 saturated carbocycles. The van der Waals surface area contributed by atoms with Crippen molar-refractivity contribution in [3.05, 3.63) is 34.3 Å². The van der Waals surface area contributed by atoms with Gasteiger partial charge in [0.1, 0.15) is 11.6 Å². The molecular formula is C11H11ClFNO. The molecule has 0 saturated heterocycles. The summed E-state index contributed by atoms with van der Waals surface area (Å²) in [4.78, 5) is 0. The molecule has 2 N–H and O–H groups in total. The predicted molar refractivity (Wildman–Crippen MR) is 58.5 cm³/mol. The Balaban J connectivity index is 2.82. The summed E-state index contributed by atoms with van der Waals surface area (Å²) in [5, 5.41) is 0.965. The zero-order chi connectivity index (χ0) is 11.2. The van der Waals surface area contributed by atoms with Crippen LogP contribution in [0, 0.1) is 12.7 Å². The fourth-order valence-electron chi connectivity index (χ4n) is 1.70. The number of hydrogen-bond acceptors (Lipinski definition) is 2. The lowest BCUT2D eigenvalue weighted by molar-refractivity contribution is 0.509. The van der Waals surface area contributed by atoms with Crippen LogP contribution in [0.2, 0.25) is 5.02 Å². The molecule has 2 aromatic rings. The van der Waals surface area contributed by atoms with E-state index in [4.69, 9.17) is 21.8 Å². The number of halogens is 2. The lowest BCUT2D eigenvalue weighted by Gasteiger charge is -2.00. The monoisotopic (exact) mass is 227 g/mol. The van der Waals surface area contributed by atoms with Crippen LogP contribution in [0.4, 0.5) is 4.39 Å². The summed E-state index contributed by atoms with van der Waals surface area (Å²) < 4.78 is 18.7. The molecule has 0 aliphatic rings. The van der Waals surface area contributed by atoms with Gasteiger partial charge in [-0.1, -0.05) is 11.6 Å². The van der Waals surface area contributed by atoms with Crippen molar-refractivity contribution < 1.29 is 8.81 Å². The van der Waals surface area contributed by atoms with E-state index in [1.807, 2.05) is 13.8 Å². The molecule has 2 rings (SSSR count). The summed E-state index contributed by atoms with van der Waals surface area (Å²) >= 11 is 5.88. The molecular weight excluding hydrogens is 217 g/mol. The van der Waals surface area contributed by atoms with Crippen LogP contribution in [0.25, 0.3) is 11.0 Å². The minimum Gasteiger partial charge on any atom is -0.458 e. The molecule has 0 fully saturated rings. The van der Waals surface area contributed by atoms with Gasteiger partial charge in [-0.05, 0) is 26.0 Å². The van der Waals surface area contributed by atoms with Crippen LogP contribution in [0.3, 0.4) is 0 Å². The molecule has 1 atom stereocenters. The fraction of sp³-hybridized carbons (Fsp3) is 0.273. The zero-order valence-corrected chi connectivity index (χ0v) is 9.23. The molecule has 1 heterocycles. The van der Waals surface area contributed by atoms with Crippen molar-refractivity contribution in [1.82, 2.24) is 0 Å². The first-order chi connectivity index (χ1) is 7.00. The highest BCUT2D eigenvalue weighted by Gasteiger charge is 2.16. The SMILES string of the molecule is Cc1c(C(C)N)oc2c(Cl)cc(F)cc12. The quantitative estimate of drug-likeness (QED) is 0.809. The summed E-state index contributed by atoms with van der Waals surface area (Å²) in [5.41, 5.74) is 7.09. The Hall–Kier alpha value is -1.06. The molecule has 80 valence electrons. The number of nitrogens with two attached hydrogens (primary N) is 1. The lowest BCUT2D eigenvalue weighted by Crippen LogP contribution is -2.04. The van der Waals surface area contributed by atoms with Crippen molar-refractivity contribution in [1.29, 1.82) is 0 Å². The number of fused-ring (bicyclic) bond motifs is 1. The van der Waals surface area contributed by atoms with E-state index >= 15 is 0 Å². The summed E-state index contributed by atoms with van der Waals surface area (Å²) in [6.45, 7) is 3.66. The van der Waals surface area contributed by atoms with Gasteiger partial charge in [0.15, 0.2) is 5.58 Å². The molecule has 0 amide bonds. The minimum atomic E-state index is -0.368. The van der Waals surface area contributed by atoms with Crippen molar-refractivity contribution in [3.63, 3.8) is 0 Å². The number of benzene rings is 1. The number of hydrogen-bond donors (Lipinski definition) is 1. The van der Waals surface area contributed by atoms with E-state index in [2.05, 4.69) is 0 Å². The Morgan fingerprint density at radius 2 is 2.13 bits per heavy atom. The minimum absolute atomic E-state index is 0.225. The van der Waals surface area contributed by atoms with Gasteiger partial charge in [-0.15, -0.1) is 0 Å². The summed E-state index contributed by atoms with van der Waals surface area (Å²) in [6.07, 6.45) is 0. The van der Waals surface area contributed by atoms with Gasteiger partial charge in [-0.3, -0.25) is 0 Å². The third kappa shape index (κ3) is 1.62. The zero-order valence-electron chi connectivity index (χ0n) is 8.47. The van der Waals surface area contributed by atoms with E-state index in [1.165, 1.54) is 12.1 Å². The fourth-order valence-corrected chi connectivity index (χ4v) is 1.94. The molecule has 0 aliphatic carbocycles. The van der Waals surface area contributed by atoms with Gasteiger partial charge in [-0.2, -0.15) is 0 Å². The summed E-state index contributed by atoms with van der Waals surface area (Å²) in [5.74, 6) is 0.283. The maximum Gasteiger partial charge on any atom is 0.153 e. The van der Waals surface area contributed by atoms with E-state index in [0.717, 1.165) is 5.56 Å². The van der Waals surface area contributed by atoms with E-state index in [1.54, 1.807) is 0 Å². The van der Waals surface area contributed by atoms with Gasteiger partial charge in [0, 0.05) is 10.9 Å². The van der Waals surface area contributed by atoms with Crippen molar-refractivity contribution in [2.75, 3.05) is 0 Å². The van der Waals surface area contributed by atoms with Crippen LogP contribution in [0.1, 0.15) is 24.3 Å². The van der Waals surface area contributed by atoms with Gasteiger partial charge in [-0.25, -0.2) is 4.39 Å². The smallest absolute Gasteiger partial charge is 0.153 e. The normalized spacial score (nSPS) is 13.4. The van der Waals surface area contributed by atoms with Crippen LogP contribution in [0.15, 0.2) is 16.5 Å². The molecule has 1 aromatic heterocycles. The van der Waals surface area contributed by atoms with Gasteiger partial charge in [0.25, 0.3) is 0 Å². The van der Waals surface area contributed by atoms with Crippen molar-refractivity contribution >= 4 is 22.6 Å². The van der Waals surface area contributed by atoms with E-state index in [0.29, 0.717) is 16.7 Å². The van der Waals surface area contributed by atoms with Crippen molar-refractivity contribution in [2.45, 2.75) is 19.9 Å². The predicted octanol–water partition coefficient (Wildman–Crippen LogP) is 3.55. The lowest BCUT2D eigenvalue weighted by atomic mass is 10.1. The average molecular weight is 228 g/mol. The first-order valence-electron chi connectivity index (χ1n) is 4.64. The molecule has 4 heteroatoms.